The molecule has 1 atom stereocenters. The van der Waals surface area contributed by atoms with Crippen molar-refractivity contribution in [3.8, 4) is 0 Å². The van der Waals surface area contributed by atoms with Crippen LogP contribution in [0.3, 0.4) is 0 Å². The molecule has 1 unspecified atom stereocenters. The Morgan fingerprint density at radius 2 is 1.47 bits per heavy atom. The molecule has 0 aliphatic rings. The van der Waals surface area contributed by atoms with E-state index in [1.807, 2.05) is 0 Å². The van der Waals surface area contributed by atoms with Crippen molar-refractivity contribution in [3.05, 3.63) is 69.4 Å². The Kier molecular flexibility index (Phi) is 4.68. The monoisotopic (exact) mass is 392 g/mol. The van der Waals surface area contributed by atoms with E-state index in [1.54, 1.807) is 12.1 Å². The summed E-state index contributed by atoms with van der Waals surface area (Å²) in [5.74, 6) is -1.57. The van der Waals surface area contributed by atoms with E-state index in [0.717, 1.165) is 5.56 Å². The molecule has 0 saturated carbocycles. The van der Waals surface area contributed by atoms with Crippen LogP contribution in [-0.2, 0) is 6.42 Å². The van der Waals surface area contributed by atoms with Crippen LogP contribution in [0.2, 0.25) is 0 Å². The standard InChI is InChI=1S/C14H9Br2F3/c15-9-6-12(18)14(13(19)7-9)11(16)5-8-1-3-10(17)4-2-8/h1-4,6-7,11H,5H2. The van der Waals surface area contributed by atoms with Crippen molar-refractivity contribution in [1.82, 2.24) is 0 Å². The summed E-state index contributed by atoms with van der Waals surface area (Å²) in [6, 6.07) is 8.28. The summed E-state index contributed by atoms with van der Waals surface area (Å²) in [5.41, 5.74) is 0.775. The summed E-state index contributed by atoms with van der Waals surface area (Å²) in [5, 5.41) is 0. The molecule has 0 amide bonds. The van der Waals surface area contributed by atoms with Gasteiger partial charge in [0.2, 0.25) is 0 Å². The molecule has 0 radical (unpaired) electrons. The molecule has 0 bridgehead atoms. The van der Waals surface area contributed by atoms with Crippen LogP contribution in [0.15, 0.2) is 40.9 Å². The average molecular weight is 394 g/mol. The molecule has 2 aromatic carbocycles. The molecule has 19 heavy (non-hydrogen) atoms. The molecule has 0 heterocycles. The summed E-state index contributed by atoms with van der Waals surface area (Å²) >= 11 is 6.31. The van der Waals surface area contributed by atoms with Crippen molar-refractivity contribution in [2.24, 2.45) is 0 Å². The minimum absolute atomic E-state index is 0.0208. The predicted molar refractivity (Wildman–Crippen MR) is 75.8 cm³/mol. The van der Waals surface area contributed by atoms with Crippen LogP contribution in [0.25, 0.3) is 0 Å². The highest BCUT2D eigenvalue weighted by Crippen LogP contribution is 2.32. The zero-order chi connectivity index (χ0) is 14.0. The third-order valence-corrected chi connectivity index (χ3v) is 3.92. The van der Waals surface area contributed by atoms with Crippen molar-refractivity contribution in [3.63, 3.8) is 0 Å². The molecule has 5 heteroatoms. The molecular weight excluding hydrogens is 385 g/mol. The van der Waals surface area contributed by atoms with Crippen molar-refractivity contribution < 1.29 is 13.2 Å². The SMILES string of the molecule is Fc1ccc(CC(Br)c2c(F)cc(Br)cc2F)cc1. The number of alkyl halides is 1. The normalized spacial score (nSPS) is 12.5. The maximum atomic E-state index is 13.8. The predicted octanol–water partition coefficient (Wildman–Crippen LogP) is 5.55. The van der Waals surface area contributed by atoms with E-state index in [0.29, 0.717) is 10.9 Å². The minimum atomic E-state index is -0.615. The fraction of sp³-hybridized carbons (Fsp3) is 0.143. The van der Waals surface area contributed by atoms with Crippen LogP contribution < -0.4 is 0 Å². The quantitative estimate of drug-likeness (QED) is 0.600. The van der Waals surface area contributed by atoms with Gasteiger partial charge in [-0.25, -0.2) is 13.2 Å². The van der Waals surface area contributed by atoms with E-state index in [1.165, 1.54) is 24.3 Å². The van der Waals surface area contributed by atoms with Gasteiger partial charge >= 0.3 is 0 Å². The summed E-state index contributed by atoms with van der Waals surface area (Å²) in [6.45, 7) is 0. The lowest BCUT2D eigenvalue weighted by Gasteiger charge is -2.13. The summed E-state index contributed by atoms with van der Waals surface area (Å²) in [7, 11) is 0. The number of rotatable bonds is 3. The lowest BCUT2D eigenvalue weighted by Crippen LogP contribution is -2.02. The minimum Gasteiger partial charge on any atom is -0.207 e. The van der Waals surface area contributed by atoms with Gasteiger partial charge in [0.15, 0.2) is 0 Å². The van der Waals surface area contributed by atoms with Crippen LogP contribution in [0.5, 0.6) is 0 Å². The van der Waals surface area contributed by atoms with Crippen molar-refractivity contribution >= 4 is 31.9 Å². The van der Waals surface area contributed by atoms with Gasteiger partial charge in [-0.05, 0) is 36.2 Å². The maximum absolute atomic E-state index is 13.8. The van der Waals surface area contributed by atoms with Crippen LogP contribution in [0.4, 0.5) is 13.2 Å². The van der Waals surface area contributed by atoms with Crippen molar-refractivity contribution in [2.45, 2.75) is 11.2 Å². The van der Waals surface area contributed by atoms with Gasteiger partial charge in [0.25, 0.3) is 0 Å². The molecule has 2 aromatic rings. The van der Waals surface area contributed by atoms with Gasteiger partial charge in [0.1, 0.15) is 17.5 Å². The first-order valence-electron chi connectivity index (χ1n) is 5.50. The van der Waals surface area contributed by atoms with Crippen LogP contribution in [-0.4, -0.2) is 0 Å². The van der Waals surface area contributed by atoms with E-state index in [2.05, 4.69) is 31.9 Å². The van der Waals surface area contributed by atoms with Crippen LogP contribution >= 0.6 is 31.9 Å². The zero-order valence-corrected chi connectivity index (χ0v) is 12.8. The number of benzene rings is 2. The first-order valence-corrected chi connectivity index (χ1v) is 7.21. The number of halogens is 5. The second kappa shape index (κ2) is 6.09. The molecule has 0 nitrogen and oxygen atoms in total. The molecule has 0 saturated heterocycles. The fourth-order valence-electron chi connectivity index (χ4n) is 1.78. The lowest BCUT2D eigenvalue weighted by molar-refractivity contribution is 0.552. The number of hydrogen-bond donors (Lipinski definition) is 0. The fourth-order valence-corrected chi connectivity index (χ4v) is 3.00. The van der Waals surface area contributed by atoms with Gasteiger partial charge in [-0.2, -0.15) is 0 Å². The summed E-state index contributed by atoms with van der Waals surface area (Å²) in [4.78, 5) is -0.508. The number of hydrogen-bond acceptors (Lipinski definition) is 0. The highest BCUT2D eigenvalue weighted by Gasteiger charge is 2.19. The smallest absolute Gasteiger partial charge is 0.131 e. The van der Waals surface area contributed by atoms with Gasteiger partial charge < -0.3 is 0 Å². The highest BCUT2D eigenvalue weighted by molar-refractivity contribution is 9.10. The average Bonchev–Trinajstić information content (AvgIpc) is 2.30. The Bertz CT molecular complexity index is 559. The van der Waals surface area contributed by atoms with Crippen LogP contribution in [0, 0.1) is 17.5 Å². The summed E-state index contributed by atoms with van der Waals surface area (Å²) in [6.07, 6.45) is 0.371. The molecule has 2 rings (SSSR count). The van der Waals surface area contributed by atoms with Gasteiger partial charge in [-0.3, -0.25) is 0 Å². The van der Waals surface area contributed by atoms with Crippen molar-refractivity contribution in [1.29, 1.82) is 0 Å². The Labute approximate surface area is 125 Å². The van der Waals surface area contributed by atoms with E-state index in [-0.39, 0.29) is 11.4 Å². The third kappa shape index (κ3) is 3.60. The second-order valence-corrected chi connectivity index (χ2v) is 6.10. The van der Waals surface area contributed by atoms with E-state index in [9.17, 15) is 13.2 Å². The molecule has 100 valence electrons. The lowest BCUT2D eigenvalue weighted by atomic mass is 10.0. The van der Waals surface area contributed by atoms with E-state index >= 15 is 0 Å². The largest absolute Gasteiger partial charge is 0.207 e. The Hall–Kier alpha value is -0.810. The first kappa shape index (κ1) is 14.6. The summed E-state index contributed by atoms with van der Waals surface area (Å²) < 4.78 is 40.7. The van der Waals surface area contributed by atoms with Crippen LogP contribution in [0.1, 0.15) is 16.0 Å². The van der Waals surface area contributed by atoms with Gasteiger partial charge in [-0.1, -0.05) is 44.0 Å². The van der Waals surface area contributed by atoms with E-state index < -0.39 is 16.5 Å². The Morgan fingerprint density at radius 3 is 2.00 bits per heavy atom. The molecular formula is C14H9Br2F3. The highest BCUT2D eigenvalue weighted by atomic mass is 79.9. The Morgan fingerprint density at radius 1 is 0.947 bits per heavy atom. The Balaban J connectivity index is 2.25. The van der Waals surface area contributed by atoms with E-state index in [4.69, 9.17) is 0 Å². The zero-order valence-electron chi connectivity index (χ0n) is 9.64. The third-order valence-electron chi connectivity index (χ3n) is 2.69. The maximum Gasteiger partial charge on any atom is 0.131 e. The molecule has 0 N–H and O–H groups in total. The van der Waals surface area contributed by atoms with Gasteiger partial charge in [0.05, 0.1) is 0 Å². The molecule has 0 spiro atoms. The van der Waals surface area contributed by atoms with Gasteiger partial charge in [0, 0.05) is 14.9 Å². The first-order chi connectivity index (χ1) is 8.97. The van der Waals surface area contributed by atoms with Crippen molar-refractivity contribution in [2.75, 3.05) is 0 Å². The molecule has 0 aromatic heterocycles. The molecule has 0 aliphatic heterocycles. The second-order valence-electron chi connectivity index (χ2n) is 4.08. The molecule has 0 aliphatic carbocycles. The molecule has 0 fully saturated rings. The topological polar surface area (TPSA) is 0 Å². The van der Waals surface area contributed by atoms with Gasteiger partial charge in [-0.15, -0.1) is 0 Å².